The Balaban J connectivity index is 1.66. The Morgan fingerprint density at radius 2 is 1.84 bits per heavy atom. The normalized spacial score (nSPS) is 11.4. The lowest BCUT2D eigenvalue weighted by atomic mass is 10.1. The quantitative estimate of drug-likeness (QED) is 0.644. The Morgan fingerprint density at radius 1 is 1.10 bits per heavy atom. The topological polar surface area (TPSA) is 81.0 Å². The van der Waals surface area contributed by atoms with Crippen molar-refractivity contribution >= 4 is 11.7 Å². The van der Waals surface area contributed by atoms with Gasteiger partial charge < -0.3 is 10.6 Å². The molecule has 0 aliphatic heterocycles. The van der Waals surface area contributed by atoms with E-state index in [0.29, 0.717) is 5.69 Å². The molecule has 0 aliphatic rings. The van der Waals surface area contributed by atoms with Gasteiger partial charge in [-0.2, -0.15) is 13.2 Å². The summed E-state index contributed by atoms with van der Waals surface area (Å²) in [6.45, 7) is 4.08. The highest BCUT2D eigenvalue weighted by atomic mass is 19.4. The average Bonchev–Trinajstić information content (AvgIpc) is 2.99. The number of nitrogens with zero attached hydrogens (tertiary/aromatic N) is 3. The standard InChI is InChI=1S/C21H22F3N5O2/c1-13-7-8-17(11-14(13)2)26-19(30)25-9-10-29-20(31)28(3)18(27-29)15-5-4-6-16(12-15)21(22,23)24/h4-8,11-12H,9-10H2,1-3H3,(H2,25,26,30). The molecule has 0 bridgehead atoms. The smallest absolute Gasteiger partial charge is 0.336 e. The van der Waals surface area contributed by atoms with Crippen molar-refractivity contribution in [3.63, 3.8) is 0 Å². The molecule has 0 saturated heterocycles. The van der Waals surface area contributed by atoms with E-state index in [4.69, 9.17) is 0 Å². The van der Waals surface area contributed by atoms with Gasteiger partial charge in [0.1, 0.15) is 0 Å². The van der Waals surface area contributed by atoms with Crippen molar-refractivity contribution in [1.82, 2.24) is 19.7 Å². The maximum absolute atomic E-state index is 13.0. The molecule has 7 nitrogen and oxygen atoms in total. The van der Waals surface area contributed by atoms with Crippen LogP contribution in [-0.2, 0) is 19.8 Å². The van der Waals surface area contributed by atoms with Crippen LogP contribution in [0.4, 0.5) is 23.7 Å². The number of halogens is 3. The molecule has 2 aromatic carbocycles. The number of amides is 2. The van der Waals surface area contributed by atoms with Crippen molar-refractivity contribution in [3.05, 3.63) is 69.6 Å². The number of benzene rings is 2. The first-order chi connectivity index (χ1) is 14.6. The second kappa shape index (κ2) is 8.66. The van der Waals surface area contributed by atoms with Crippen LogP contribution in [0.2, 0.25) is 0 Å². The number of anilines is 1. The largest absolute Gasteiger partial charge is 0.416 e. The molecule has 0 unspecified atom stereocenters. The minimum atomic E-state index is -4.50. The van der Waals surface area contributed by atoms with Crippen LogP contribution >= 0.6 is 0 Å². The number of nitrogens with one attached hydrogen (secondary N) is 2. The van der Waals surface area contributed by atoms with Gasteiger partial charge in [0.15, 0.2) is 5.82 Å². The Kier molecular flexibility index (Phi) is 6.19. The highest BCUT2D eigenvalue weighted by Crippen LogP contribution is 2.31. The van der Waals surface area contributed by atoms with E-state index < -0.39 is 23.5 Å². The Bertz CT molecular complexity index is 1160. The first-order valence-electron chi connectivity index (χ1n) is 9.50. The van der Waals surface area contributed by atoms with Gasteiger partial charge in [-0.3, -0.25) is 4.57 Å². The molecule has 0 spiro atoms. The summed E-state index contributed by atoms with van der Waals surface area (Å²) in [4.78, 5) is 24.5. The van der Waals surface area contributed by atoms with Gasteiger partial charge in [0.05, 0.1) is 12.1 Å². The fourth-order valence-electron chi connectivity index (χ4n) is 2.99. The summed E-state index contributed by atoms with van der Waals surface area (Å²) in [7, 11) is 1.43. The van der Waals surface area contributed by atoms with Gasteiger partial charge in [-0.05, 0) is 49.2 Å². The number of aryl methyl sites for hydroxylation is 2. The van der Waals surface area contributed by atoms with Gasteiger partial charge in [-0.25, -0.2) is 14.3 Å². The lowest BCUT2D eigenvalue weighted by Crippen LogP contribution is -2.34. The first kappa shape index (κ1) is 22.1. The van der Waals surface area contributed by atoms with E-state index in [-0.39, 0.29) is 24.5 Å². The van der Waals surface area contributed by atoms with E-state index in [2.05, 4.69) is 15.7 Å². The summed E-state index contributed by atoms with van der Waals surface area (Å²) >= 11 is 0. The summed E-state index contributed by atoms with van der Waals surface area (Å²) < 4.78 is 41.2. The van der Waals surface area contributed by atoms with Crippen LogP contribution in [0, 0.1) is 13.8 Å². The lowest BCUT2D eigenvalue weighted by Gasteiger charge is -2.09. The van der Waals surface area contributed by atoms with Gasteiger partial charge in [0.2, 0.25) is 0 Å². The molecule has 1 aromatic heterocycles. The molecular weight excluding hydrogens is 411 g/mol. The predicted molar refractivity (Wildman–Crippen MR) is 111 cm³/mol. The van der Waals surface area contributed by atoms with Crippen molar-refractivity contribution < 1.29 is 18.0 Å². The van der Waals surface area contributed by atoms with E-state index in [1.54, 1.807) is 6.07 Å². The third-order valence-corrected chi connectivity index (χ3v) is 4.86. The van der Waals surface area contributed by atoms with Gasteiger partial charge >= 0.3 is 17.9 Å². The number of rotatable bonds is 5. The zero-order valence-corrected chi connectivity index (χ0v) is 17.2. The predicted octanol–water partition coefficient (Wildman–Crippen LogP) is 3.71. The zero-order valence-electron chi connectivity index (χ0n) is 17.2. The SMILES string of the molecule is Cc1ccc(NC(=O)NCCn2nc(-c3cccc(C(F)(F)F)c3)n(C)c2=O)cc1C. The summed E-state index contributed by atoms with van der Waals surface area (Å²) in [6, 6.07) is 9.71. The van der Waals surface area contributed by atoms with Crippen molar-refractivity contribution in [3.8, 4) is 11.4 Å². The van der Waals surface area contributed by atoms with Gasteiger partial charge in [0.25, 0.3) is 0 Å². The molecule has 3 aromatic rings. The van der Waals surface area contributed by atoms with Crippen molar-refractivity contribution in [2.45, 2.75) is 26.6 Å². The Morgan fingerprint density at radius 3 is 2.52 bits per heavy atom. The van der Waals surface area contributed by atoms with Crippen molar-refractivity contribution in [2.24, 2.45) is 7.05 Å². The average molecular weight is 433 g/mol. The number of carbonyl (C=O) groups excluding carboxylic acids is 1. The molecule has 2 amide bonds. The number of hydrogen-bond donors (Lipinski definition) is 2. The van der Waals surface area contributed by atoms with Gasteiger partial charge in [-0.15, -0.1) is 5.10 Å². The van der Waals surface area contributed by atoms with E-state index in [1.165, 1.54) is 23.7 Å². The van der Waals surface area contributed by atoms with Crippen LogP contribution in [0.5, 0.6) is 0 Å². The fourth-order valence-corrected chi connectivity index (χ4v) is 2.99. The molecule has 0 saturated carbocycles. The monoisotopic (exact) mass is 433 g/mol. The lowest BCUT2D eigenvalue weighted by molar-refractivity contribution is -0.137. The summed E-state index contributed by atoms with van der Waals surface area (Å²) in [5.41, 5.74) is 1.65. The van der Waals surface area contributed by atoms with E-state index in [1.807, 2.05) is 26.0 Å². The second-order valence-corrected chi connectivity index (χ2v) is 7.15. The molecule has 3 rings (SSSR count). The molecule has 0 aliphatic carbocycles. The molecule has 164 valence electrons. The molecule has 10 heteroatoms. The summed E-state index contributed by atoms with van der Waals surface area (Å²) in [5, 5.41) is 9.47. The Hall–Kier alpha value is -3.56. The summed E-state index contributed by atoms with van der Waals surface area (Å²) in [5.74, 6) is 0.107. The van der Waals surface area contributed by atoms with Crippen LogP contribution < -0.4 is 16.3 Å². The molecule has 0 fully saturated rings. The number of urea groups is 1. The van der Waals surface area contributed by atoms with E-state index in [0.717, 1.165) is 27.9 Å². The molecule has 2 N–H and O–H groups in total. The van der Waals surface area contributed by atoms with Crippen LogP contribution in [0.1, 0.15) is 16.7 Å². The number of alkyl halides is 3. The third kappa shape index (κ3) is 5.14. The number of hydrogen-bond acceptors (Lipinski definition) is 3. The zero-order chi connectivity index (χ0) is 22.8. The van der Waals surface area contributed by atoms with Gasteiger partial charge in [0, 0.05) is 24.8 Å². The van der Waals surface area contributed by atoms with Gasteiger partial charge in [-0.1, -0.05) is 18.2 Å². The number of aromatic nitrogens is 3. The van der Waals surface area contributed by atoms with E-state index in [9.17, 15) is 22.8 Å². The first-order valence-corrected chi connectivity index (χ1v) is 9.50. The van der Waals surface area contributed by atoms with Crippen LogP contribution in [0.15, 0.2) is 47.3 Å². The third-order valence-electron chi connectivity index (χ3n) is 4.86. The molecule has 1 heterocycles. The van der Waals surface area contributed by atoms with Crippen molar-refractivity contribution in [2.75, 3.05) is 11.9 Å². The van der Waals surface area contributed by atoms with E-state index >= 15 is 0 Å². The molecule has 0 radical (unpaired) electrons. The van der Waals surface area contributed by atoms with Crippen LogP contribution in [-0.4, -0.2) is 26.9 Å². The number of carbonyl (C=O) groups is 1. The highest BCUT2D eigenvalue weighted by Gasteiger charge is 2.30. The molecular formula is C21H22F3N5O2. The minimum absolute atomic E-state index is 0.0615. The highest BCUT2D eigenvalue weighted by molar-refractivity contribution is 5.89. The second-order valence-electron chi connectivity index (χ2n) is 7.15. The maximum Gasteiger partial charge on any atom is 0.416 e. The minimum Gasteiger partial charge on any atom is -0.336 e. The maximum atomic E-state index is 13.0. The van der Waals surface area contributed by atoms with Crippen LogP contribution in [0.3, 0.4) is 0 Å². The molecule has 0 atom stereocenters. The Labute approximate surface area is 176 Å². The summed E-state index contributed by atoms with van der Waals surface area (Å²) in [6.07, 6.45) is -4.50. The fraction of sp³-hybridized carbons (Fsp3) is 0.286. The molecule has 31 heavy (non-hydrogen) atoms. The van der Waals surface area contributed by atoms with Crippen molar-refractivity contribution in [1.29, 1.82) is 0 Å². The van der Waals surface area contributed by atoms with Crippen LogP contribution in [0.25, 0.3) is 11.4 Å².